The van der Waals surface area contributed by atoms with Gasteiger partial charge in [-0.05, 0) is 6.92 Å². The number of aliphatic hydroxyl groups is 1. The van der Waals surface area contributed by atoms with Crippen LogP contribution >= 0.6 is 0 Å². The Morgan fingerprint density at radius 3 is 3.15 bits per heavy atom. The molecule has 0 aromatic carbocycles. The molecule has 72 valence electrons. The molecule has 1 atom stereocenters. The van der Waals surface area contributed by atoms with Gasteiger partial charge in [-0.2, -0.15) is 4.98 Å². The fourth-order valence-corrected chi connectivity index (χ4v) is 0.675. The summed E-state index contributed by atoms with van der Waals surface area (Å²) in [5.41, 5.74) is 0. The molecule has 1 rings (SSSR count). The fraction of sp³-hybridized carbons (Fsp3) is 0.429. The minimum Gasteiger partial charge on any atom is -0.449 e. The molecule has 0 aliphatic heterocycles. The van der Waals surface area contributed by atoms with Gasteiger partial charge in [-0.25, -0.2) is 4.79 Å². The molecule has 2 amide bonds. The van der Waals surface area contributed by atoms with Crippen LogP contribution in [0.2, 0.25) is 0 Å². The van der Waals surface area contributed by atoms with Crippen LogP contribution < -0.4 is 10.6 Å². The van der Waals surface area contributed by atoms with Crippen molar-refractivity contribution < 1.29 is 14.3 Å². The van der Waals surface area contributed by atoms with E-state index in [1.54, 1.807) is 6.92 Å². The molecule has 0 spiro atoms. The summed E-state index contributed by atoms with van der Waals surface area (Å²) in [7, 11) is 0. The van der Waals surface area contributed by atoms with E-state index in [1.165, 1.54) is 12.7 Å². The molecule has 0 saturated carbocycles. The number of anilines is 1. The van der Waals surface area contributed by atoms with Crippen molar-refractivity contribution in [2.75, 3.05) is 11.9 Å². The van der Waals surface area contributed by atoms with Crippen LogP contribution in [0, 0.1) is 0 Å². The molecule has 0 aliphatic rings. The summed E-state index contributed by atoms with van der Waals surface area (Å²) >= 11 is 0. The topological polar surface area (TPSA) is 87.4 Å². The number of nitrogens with zero attached hydrogens (tertiary/aromatic N) is 1. The maximum atomic E-state index is 11.0. The van der Waals surface area contributed by atoms with E-state index in [-0.39, 0.29) is 6.54 Å². The van der Waals surface area contributed by atoms with Gasteiger partial charge in [0.25, 0.3) is 0 Å². The van der Waals surface area contributed by atoms with Crippen molar-refractivity contribution in [2.24, 2.45) is 0 Å². The predicted octanol–water partition coefficient (Wildman–Crippen LogP) is 0.177. The van der Waals surface area contributed by atoms with Gasteiger partial charge in [-0.1, -0.05) is 0 Å². The molecule has 0 fully saturated rings. The van der Waals surface area contributed by atoms with Crippen LogP contribution in [-0.4, -0.2) is 28.8 Å². The zero-order chi connectivity index (χ0) is 9.68. The maximum absolute atomic E-state index is 11.0. The molecule has 0 unspecified atom stereocenters. The second-order valence-electron chi connectivity index (χ2n) is 2.56. The summed E-state index contributed by atoms with van der Waals surface area (Å²) in [6.45, 7) is 1.78. The third-order valence-corrected chi connectivity index (χ3v) is 1.23. The third kappa shape index (κ3) is 3.57. The number of carbonyl (C=O) groups excluding carboxylic acids is 1. The van der Waals surface area contributed by atoms with E-state index in [0.717, 1.165) is 0 Å². The highest BCUT2D eigenvalue weighted by Gasteiger charge is 2.03. The normalized spacial score (nSPS) is 12.2. The lowest BCUT2D eigenvalue weighted by Gasteiger charge is -2.06. The molecule has 0 aliphatic carbocycles. The van der Waals surface area contributed by atoms with Crippen LogP contribution in [0.1, 0.15) is 6.92 Å². The van der Waals surface area contributed by atoms with Crippen molar-refractivity contribution in [1.29, 1.82) is 0 Å². The van der Waals surface area contributed by atoms with Gasteiger partial charge in [-0.3, -0.25) is 5.32 Å². The molecule has 13 heavy (non-hydrogen) atoms. The van der Waals surface area contributed by atoms with E-state index in [9.17, 15) is 4.79 Å². The van der Waals surface area contributed by atoms with Gasteiger partial charge in [-0.15, -0.1) is 0 Å². The number of hydrogen-bond donors (Lipinski definition) is 3. The Morgan fingerprint density at radius 1 is 1.85 bits per heavy atom. The van der Waals surface area contributed by atoms with Gasteiger partial charge in [0.15, 0.2) is 12.2 Å². The van der Waals surface area contributed by atoms with Crippen LogP contribution in [-0.2, 0) is 0 Å². The number of amides is 2. The second-order valence-corrected chi connectivity index (χ2v) is 2.56. The van der Waals surface area contributed by atoms with Crippen LogP contribution in [0.15, 0.2) is 17.1 Å². The first-order chi connectivity index (χ1) is 6.18. The lowest BCUT2D eigenvalue weighted by molar-refractivity contribution is 0.190. The molecule has 6 nitrogen and oxygen atoms in total. The van der Waals surface area contributed by atoms with E-state index >= 15 is 0 Å². The van der Waals surface area contributed by atoms with Gasteiger partial charge >= 0.3 is 6.03 Å². The minimum atomic E-state index is -0.567. The molecule has 0 radical (unpaired) electrons. The van der Waals surface area contributed by atoms with Crippen molar-refractivity contribution in [2.45, 2.75) is 13.0 Å². The number of carbonyl (C=O) groups is 1. The monoisotopic (exact) mass is 185 g/mol. The first-order valence-corrected chi connectivity index (χ1v) is 3.79. The first kappa shape index (κ1) is 9.53. The molecule has 1 heterocycles. The van der Waals surface area contributed by atoms with Gasteiger partial charge in [0.1, 0.15) is 6.26 Å². The highest BCUT2D eigenvalue weighted by molar-refractivity contribution is 5.87. The number of rotatable bonds is 3. The number of hydrogen-bond acceptors (Lipinski definition) is 4. The molecule has 1 aromatic rings. The Balaban J connectivity index is 2.26. The molecular formula is C7H11N3O3. The average molecular weight is 185 g/mol. The zero-order valence-electron chi connectivity index (χ0n) is 7.15. The van der Waals surface area contributed by atoms with Crippen molar-refractivity contribution in [3.8, 4) is 0 Å². The SMILES string of the molecule is C[C@@H](O)CNC(=O)Nc1cocn1. The Labute approximate surface area is 75.0 Å². The lowest BCUT2D eigenvalue weighted by atomic mass is 10.4. The summed E-state index contributed by atoms with van der Waals surface area (Å²) in [5.74, 6) is 0.336. The summed E-state index contributed by atoms with van der Waals surface area (Å²) in [6, 6.07) is -0.421. The van der Waals surface area contributed by atoms with E-state index in [1.807, 2.05) is 0 Å². The highest BCUT2D eigenvalue weighted by Crippen LogP contribution is 1.99. The second kappa shape index (κ2) is 4.46. The van der Waals surface area contributed by atoms with Crippen molar-refractivity contribution in [3.63, 3.8) is 0 Å². The Bertz CT molecular complexity index is 258. The number of urea groups is 1. The summed E-state index contributed by atoms with van der Waals surface area (Å²) in [6.07, 6.45) is 1.95. The van der Waals surface area contributed by atoms with Gasteiger partial charge in [0, 0.05) is 6.54 Å². The standard InChI is InChI=1S/C7H11N3O3/c1-5(11)2-8-7(12)10-6-3-13-4-9-6/h3-5,11H,2H2,1H3,(H2,8,10,12)/t5-/m1/s1. The Kier molecular flexibility index (Phi) is 3.27. The smallest absolute Gasteiger partial charge is 0.320 e. The quantitative estimate of drug-likeness (QED) is 0.626. The number of nitrogens with one attached hydrogen (secondary N) is 2. The van der Waals surface area contributed by atoms with E-state index < -0.39 is 12.1 Å². The zero-order valence-corrected chi connectivity index (χ0v) is 7.15. The van der Waals surface area contributed by atoms with Gasteiger partial charge < -0.3 is 14.8 Å². The van der Waals surface area contributed by atoms with Crippen LogP contribution in [0.25, 0.3) is 0 Å². The Hall–Kier alpha value is -1.56. The van der Waals surface area contributed by atoms with E-state index in [0.29, 0.717) is 5.82 Å². The third-order valence-electron chi connectivity index (χ3n) is 1.23. The molecule has 0 bridgehead atoms. The van der Waals surface area contributed by atoms with Gasteiger partial charge in [0.05, 0.1) is 6.10 Å². The van der Waals surface area contributed by atoms with Crippen molar-refractivity contribution >= 4 is 11.8 Å². The van der Waals surface area contributed by atoms with E-state index in [4.69, 9.17) is 5.11 Å². The maximum Gasteiger partial charge on any atom is 0.320 e. The molecule has 6 heteroatoms. The first-order valence-electron chi connectivity index (χ1n) is 3.79. The molecule has 0 saturated heterocycles. The summed E-state index contributed by atoms with van der Waals surface area (Å²) < 4.78 is 4.64. The molecule has 3 N–H and O–H groups in total. The average Bonchev–Trinajstić information content (AvgIpc) is 2.53. The Morgan fingerprint density at radius 2 is 2.62 bits per heavy atom. The minimum absolute atomic E-state index is 0.198. The fourth-order valence-electron chi connectivity index (χ4n) is 0.675. The lowest BCUT2D eigenvalue weighted by Crippen LogP contribution is -2.34. The van der Waals surface area contributed by atoms with E-state index in [2.05, 4.69) is 20.0 Å². The molecular weight excluding hydrogens is 174 g/mol. The molecule has 1 aromatic heterocycles. The van der Waals surface area contributed by atoms with Gasteiger partial charge in [0.2, 0.25) is 0 Å². The number of aromatic nitrogens is 1. The van der Waals surface area contributed by atoms with Crippen LogP contribution in [0.3, 0.4) is 0 Å². The summed E-state index contributed by atoms with van der Waals surface area (Å²) in [5, 5.41) is 13.7. The summed E-state index contributed by atoms with van der Waals surface area (Å²) in [4.78, 5) is 14.7. The van der Waals surface area contributed by atoms with Crippen LogP contribution in [0.4, 0.5) is 10.6 Å². The largest absolute Gasteiger partial charge is 0.449 e. The van der Waals surface area contributed by atoms with Crippen molar-refractivity contribution in [1.82, 2.24) is 10.3 Å². The van der Waals surface area contributed by atoms with Crippen molar-refractivity contribution in [3.05, 3.63) is 12.7 Å². The number of aliphatic hydroxyl groups excluding tert-OH is 1. The number of oxazole rings is 1. The predicted molar refractivity (Wildman–Crippen MR) is 45.2 cm³/mol. The highest BCUT2D eigenvalue weighted by atomic mass is 16.3. The van der Waals surface area contributed by atoms with Crippen LogP contribution in [0.5, 0.6) is 0 Å².